The Bertz CT molecular complexity index is 708. The Balaban J connectivity index is 1.79. The van der Waals surface area contributed by atoms with E-state index in [0.29, 0.717) is 0 Å². The van der Waals surface area contributed by atoms with Gasteiger partial charge in [0.2, 0.25) is 0 Å². The Labute approximate surface area is 151 Å². The van der Waals surface area contributed by atoms with Crippen LogP contribution in [0.2, 0.25) is 0 Å². The van der Waals surface area contributed by atoms with Gasteiger partial charge in [0.25, 0.3) is 0 Å². The lowest BCUT2D eigenvalue weighted by molar-refractivity contribution is 0.189. The van der Waals surface area contributed by atoms with Crippen molar-refractivity contribution in [3.8, 4) is 0 Å². The quantitative estimate of drug-likeness (QED) is 0.765. The Hall–Kier alpha value is -2.29. The molecule has 2 aromatic carbocycles. The number of rotatable bonds is 3. The van der Waals surface area contributed by atoms with Crippen LogP contribution in [0.4, 0.5) is 10.5 Å². The third-order valence-corrected chi connectivity index (χ3v) is 5.05. The van der Waals surface area contributed by atoms with Crippen molar-refractivity contribution in [2.24, 2.45) is 0 Å². The molecule has 1 atom stereocenters. The lowest BCUT2D eigenvalue weighted by atomic mass is 9.99. The minimum Gasteiger partial charge on any atom is -0.317 e. The molecule has 1 saturated heterocycles. The van der Waals surface area contributed by atoms with Crippen LogP contribution in [0.25, 0.3) is 0 Å². The van der Waals surface area contributed by atoms with Gasteiger partial charge in [0.1, 0.15) is 0 Å². The van der Waals surface area contributed by atoms with Crippen molar-refractivity contribution < 1.29 is 4.79 Å². The fraction of sp³-hybridized carbons (Fsp3) is 0.409. The van der Waals surface area contributed by atoms with E-state index in [1.165, 1.54) is 29.5 Å². The van der Waals surface area contributed by atoms with E-state index in [2.05, 4.69) is 55.6 Å². The first-order valence-corrected chi connectivity index (χ1v) is 9.40. The van der Waals surface area contributed by atoms with E-state index in [4.69, 9.17) is 0 Å². The second-order valence-electron chi connectivity index (χ2n) is 6.95. The molecule has 0 spiro atoms. The van der Waals surface area contributed by atoms with Crippen LogP contribution >= 0.6 is 0 Å². The van der Waals surface area contributed by atoms with Gasteiger partial charge < -0.3 is 10.2 Å². The highest BCUT2D eigenvalue weighted by molar-refractivity contribution is 5.89. The zero-order valence-corrected chi connectivity index (χ0v) is 15.3. The summed E-state index contributed by atoms with van der Waals surface area (Å²) < 4.78 is 0. The molecule has 2 amide bonds. The molecular formula is C22H28N2O. The van der Waals surface area contributed by atoms with Gasteiger partial charge in [-0.3, -0.25) is 0 Å². The molecular weight excluding hydrogens is 308 g/mol. The molecule has 1 N–H and O–H groups in total. The molecule has 1 aliphatic heterocycles. The Morgan fingerprint density at radius 1 is 1.12 bits per heavy atom. The molecule has 3 rings (SSSR count). The zero-order valence-electron chi connectivity index (χ0n) is 15.3. The van der Waals surface area contributed by atoms with Crippen molar-refractivity contribution in [2.45, 2.75) is 52.0 Å². The first kappa shape index (κ1) is 17.5. The average molecular weight is 336 g/mol. The smallest absolute Gasteiger partial charge is 0.317 e. The normalized spacial score (nSPS) is 17.8. The molecule has 3 nitrogen and oxygen atoms in total. The number of likely N-dealkylation sites (tertiary alicyclic amines) is 1. The number of hydrogen-bond donors (Lipinski definition) is 1. The van der Waals surface area contributed by atoms with Crippen LogP contribution in [0.1, 0.15) is 55.3 Å². The first-order chi connectivity index (χ1) is 12.2. The molecule has 1 fully saturated rings. The topological polar surface area (TPSA) is 32.3 Å². The summed E-state index contributed by atoms with van der Waals surface area (Å²) in [7, 11) is 0. The van der Waals surface area contributed by atoms with Crippen molar-refractivity contribution in [2.75, 3.05) is 11.9 Å². The molecule has 0 bridgehead atoms. The average Bonchev–Trinajstić information content (AvgIpc) is 2.88. The third-order valence-electron chi connectivity index (χ3n) is 5.05. The number of benzene rings is 2. The maximum Gasteiger partial charge on any atom is 0.322 e. The van der Waals surface area contributed by atoms with Crippen LogP contribution in [0.15, 0.2) is 48.5 Å². The second-order valence-corrected chi connectivity index (χ2v) is 6.95. The monoisotopic (exact) mass is 336 g/mol. The first-order valence-electron chi connectivity index (χ1n) is 9.40. The highest BCUT2D eigenvalue weighted by Gasteiger charge is 2.26. The van der Waals surface area contributed by atoms with Gasteiger partial charge in [-0.1, -0.05) is 61.7 Å². The third kappa shape index (κ3) is 4.41. The standard InChI is InChI=1S/C22H28N2O/c1-3-18-11-13-20(14-12-18)23-22(25)24-15-6-4-5-10-21(24)19-9-7-8-17(2)16-19/h7-9,11-14,16,21H,3-6,10,15H2,1-2H3,(H,23,25)/t21-/m1/s1. The number of urea groups is 1. The molecule has 0 aliphatic carbocycles. The largest absolute Gasteiger partial charge is 0.322 e. The van der Waals surface area contributed by atoms with Crippen LogP contribution in [-0.4, -0.2) is 17.5 Å². The zero-order chi connectivity index (χ0) is 17.6. The highest BCUT2D eigenvalue weighted by atomic mass is 16.2. The van der Waals surface area contributed by atoms with E-state index in [0.717, 1.165) is 31.5 Å². The van der Waals surface area contributed by atoms with Gasteiger partial charge >= 0.3 is 6.03 Å². The number of amides is 2. The Morgan fingerprint density at radius 3 is 2.64 bits per heavy atom. The summed E-state index contributed by atoms with van der Waals surface area (Å²) in [5.74, 6) is 0. The van der Waals surface area contributed by atoms with E-state index in [-0.39, 0.29) is 12.1 Å². The van der Waals surface area contributed by atoms with Crippen molar-refractivity contribution >= 4 is 11.7 Å². The molecule has 2 aromatic rings. The highest BCUT2D eigenvalue weighted by Crippen LogP contribution is 2.31. The van der Waals surface area contributed by atoms with Crippen molar-refractivity contribution in [3.63, 3.8) is 0 Å². The van der Waals surface area contributed by atoms with E-state index in [1.54, 1.807) is 0 Å². The van der Waals surface area contributed by atoms with E-state index >= 15 is 0 Å². The van der Waals surface area contributed by atoms with Gasteiger partial charge in [-0.15, -0.1) is 0 Å². The molecule has 1 aliphatic rings. The summed E-state index contributed by atoms with van der Waals surface area (Å²) in [5.41, 5.74) is 4.65. The summed E-state index contributed by atoms with van der Waals surface area (Å²) in [6.07, 6.45) is 5.48. The number of aryl methyl sites for hydroxylation is 2. The number of nitrogens with one attached hydrogen (secondary N) is 1. The minimum absolute atomic E-state index is 0.0117. The summed E-state index contributed by atoms with van der Waals surface area (Å²) in [6.45, 7) is 5.06. The van der Waals surface area contributed by atoms with E-state index < -0.39 is 0 Å². The molecule has 0 saturated carbocycles. The van der Waals surface area contributed by atoms with Crippen molar-refractivity contribution in [1.82, 2.24) is 4.90 Å². The predicted octanol–water partition coefficient (Wildman–Crippen LogP) is 5.71. The number of anilines is 1. The second kappa shape index (κ2) is 8.19. The SMILES string of the molecule is CCc1ccc(NC(=O)N2CCCCC[C@@H]2c2cccc(C)c2)cc1. The number of hydrogen-bond acceptors (Lipinski definition) is 1. The van der Waals surface area contributed by atoms with Crippen LogP contribution in [0, 0.1) is 6.92 Å². The summed E-state index contributed by atoms with van der Waals surface area (Å²) >= 11 is 0. The van der Waals surface area contributed by atoms with E-state index in [9.17, 15) is 4.79 Å². The van der Waals surface area contributed by atoms with E-state index in [1.807, 2.05) is 17.0 Å². The molecule has 3 heteroatoms. The minimum atomic E-state index is 0.0117. The van der Waals surface area contributed by atoms with Gasteiger partial charge in [0.15, 0.2) is 0 Å². The van der Waals surface area contributed by atoms with Gasteiger partial charge in [-0.05, 0) is 49.4 Å². The fourth-order valence-corrected chi connectivity index (χ4v) is 3.59. The molecule has 132 valence electrons. The lowest BCUT2D eigenvalue weighted by Crippen LogP contribution is -2.38. The maximum absolute atomic E-state index is 13.0. The van der Waals surface area contributed by atoms with Crippen LogP contribution in [0.5, 0.6) is 0 Å². The molecule has 0 radical (unpaired) electrons. The Kier molecular flexibility index (Phi) is 5.75. The van der Waals surface area contributed by atoms with Crippen molar-refractivity contribution in [3.05, 3.63) is 65.2 Å². The molecule has 1 heterocycles. The van der Waals surface area contributed by atoms with Gasteiger partial charge in [-0.2, -0.15) is 0 Å². The van der Waals surface area contributed by atoms with Crippen molar-refractivity contribution in [1.29, 1.82) is 0 Å². The molecule has 25 heavy (non-hydrogen) atoms. The predicted molar refractivity (Wildman–Crippen MR) is 104 cm³/mol. The number of nitrogens with zero attached hydrogens (tertiary/aromatic N) is 1. The summed E-state index contributed by atoms with van der Waals surface area (Å²) in [4.78, 5) is 15.0. The van der Waals surface area contributed by atoms with Gasteiger partial charge in [-0.25, -0.2) is 4.79 Å². The van der Waals surface area contributed by atoms with Crippen LogP contribution in [0.3, 0.4) is 0 Å². The summed E-state index contributed by atoms with van der Waals surface area (Å²) in [6, 6.07) is 16.9. The fourth-order valence-electron chi connectivity index (χ4n) is 3.59. The molecule has 0 unspecified atom stereocenters. The molecule has 0 aromatic heterocycles. The summed E-state index contributed by atoms with van der Waals surface area (Å²) in [5, 5.41) is 3.09. The van der Waals surface area contributed by atoms with Crippen LogP contribution in [-0.2, 0) is 6.42 Å². The lowest BCUT2D eigenvalue weighted by Gasteiger charge is -2.31. The maximum atomic E-state index is 13.0. The Morgan fingerprint density at radius 2 is 1.92 bits per heavy atom. The van der Waals surface area contributed by atoms with Gasteiger partial charge in [0, 0.05) is 12.2 Å². The van der Waals surface area contributed by atoms with Gasteiger partial charge in [0.05, 0.1) is 6.04 Å². The number of carbonyl (C=O) groups excluding carboxylic acids is 1. The van der Waals surface area contributed by atoms with Crippen LogP contribution < -0.4 is 5.32 Å². The number of carbonyl (C=O) groups is 1.